The smallest absolute Gasteiger partial charge is 0.194 e. The van der Waals surface area contributed by atoms with Gasteiger partial charge in [0.2, 0.25) is 0 Å². The number of aromatic nitrogens is 2. The summed E-state index contributed by atoms with van der Waals surface area (Å²) in [5, 5.41) is 3.48. The average molecular weight is 515 g/mol. The molecule has 1 unspecified atom stereocenters. The molecule has 1 aliphatic rings. The topological polar surface area (TPSA) is 45.5 Å². The summed E-state index contributed by atoms with van der Waals surface area (Å²) in [5.74, 6) is 1.60. The third-order valence-electron chi connectivity index (χ3n) is 5.42. The molecule has 0 aliphatic carbocycles. The molecule has 158 valence electrons. The van der Waals surface area contributed by atoms with E-state index in [9.17, 15) is 0 Å². The predicted octanol–water partition coefficient (Wildman–Crippen LogP) is 4.50. The van der Waals surface area contributed by atoms with Gasteiger partial charge in [0.05, 0.1) is 12.9 Å². The standard InChI is InChI=1S/C24H29N5.HI/c1-2-26-24(29-13-11-23(18-29)22-9-4-3-5-10-22)27-16-20-7-6-8-21(15-20)17-28-14-12-25-19-28;/h3-10,12,14-15,19,23H,2,11,13,16-18H2,1H3,(H,26,27);1H. The van der Waals surface area contributed by atoms with Crippen LogP contribution in [0.15, 0.2) is 78.3 Å². The van der Waals surface area contributed by atoms with Gasteiger partial charge in [0.15, 0.2) is 5.96 Å². The minimum atomic E-state index is 0. The first kappa shape index (κ1) is 22.3. The maximum absolute atomic E-state index is 4.94. The van der Waals surface area contributed by atoms with Crippen LogP contribution >= 0.6 is 24.0 Å². The van der Waals surface area contributed by atoms with Gasteiger partial charge in [0, 0.05) is 44.5 Å². The number of benzene rings is 2. The van der Waals surface area contributed by atoms with Gasteiger partial charge in [-0.05, 0) is 30.0 Å². The van der Waals surface area contributed by atoms with Gasteiger partial charge in [-0.3, -0.25) is 0 Å². The summed E-state index contributed by atoms with van der Waals surface area (Å²) in [6.07, 6.45) is 6.83. The van der Waals surface area contributed by atoms with Crippen LogP contribution in [0.25, 0.3) is 0 Å². The number of hydrogen-bond donors (Lipinski definition) is 1. The monoisotopic (exact) mass is 515 g/mol. The molecular weight excluding hydrogens is 485 g/mol. The van der Waals surface area contributed by atoms with Gasteiger partial charge in [0.1, 0.15) is 0 Å². The van der Waals surface area contributed by atoms with Gasteiger partial charge in [-0.2, -0.15) is 0 Å². The molecule has 5 nitrogen and oxygen atoms in total. The first-order valence-corrected chi connectivity index (χ1v) is 10.4. The largest absolute Gasteiger partial charge is 0.357 e. The second-order valence-corrected chi connectivity index (χ2v) is 7.57. The van der Waals surface area contributed by atoms with Gasteiger partial charge >= 0.3 is 0 Å². The van der Waals surface area contributed by atoms with E-state index in [1.165, 1.54) is 23.1 Å². The van der Waals surface area contributed by atoms with Gasteiger partial charge in [-0.15, -0.1) is 24.0 Å². The Morgan fingerprint density at radius 1 is 1.13 bits per heavy atom. The molecule has 0 saturated carbocycles. The van der Waals surface area contributed by atoms with E-state index in [1.807, 2.05) is 18.7 Å². The van der Waals surface area contributed by atoms with Gasteiger partial charge in [-0.25, -0.2) is 9.98 Å². The molecule has 6 heteroatoms. The Balaban J connectivity index is 0.00000256. The summed E-state index contributed by atoms with van der Waals surface area (Å²) < 4.78 is 2.08. The van der Waals surface area contributed by atoms with Crippen LogP contribution < -0.4 is 5.32 Å². The number of likely N-dealkylation sites (tertiary alicyclic amines) is 1. The Bertz CT molecular complexity index is 924. The lowest BCUT2D eigenvalue weighted by Gasteiger charge is -2.22. The van der Waals surface area contributed by atoms with Crippen molar-refractivity contribution in [3.8, 4) is 0 Å². The number of nitrogens with one attached hydrogen (secondary N) is 1. The first-order chi connectivity index (χ1) is 14.3. The van der Waals surface area contributed by atoms with Crippen LogP contribution in [-0.4, -0.2) is 40.0 Å². The molecule has 3 aromatic rings. The normalized spacial score (nSPS) is 16.4. The second-order valence-electron chi connectivity index (χ2n) is 7.57. The van der Waals surface area contributed by atoms with Crippen LogP contribution in [0.5, 0.6) is 0 Å². The van der Waals surface area contributed by atoms with Crippen LogP contribution in [0.1, 0.15) is 36.0 Å². The van der Waals surface area contributed by atoms with E-state index < -0.39 is 0 Å². The molecular formula is C24H30IN5. The third kappa shape index (κ3) is 5.84. The summed E-state index contributed by atoms with van der Waals surface area (Å²) >= 11 is 0. The summed E-state index contributed by atoms with van der Waals surface area (Å²) in [6, 6.07) is 19.5. The van der Waals surface area contributed by atoms with Crippen molar-refractivity contribution < 1.29 is 0 Å². The van der Waals surface area contributed by atoms with E-state index in [4.69, 9.17) is 4.99 Å². The highest BCUT2D eigenvalue weighted by Crippen LogP contribution is 2.27. The van der Waals surface area contributed by atoms with Crippen molar-refractivity contribution in [1.82, 2.24) is 19.8 Å². The minimum Gasteiger partial charge on any atom is -0.357 e. The molecule has 1 aliphatic heterocycles. The molecule has 1 aromatic heterocycles. The maximum atomic E-state index is 4.94. The van der Waals surface area contributed by atoms with Crippen molar-refractivity contribution >= 4 is 29.9 Å². The number of halogens is 1. The molecule has 0 amide bonds. The average Bonchev–Trinajstić information content (AvgIpc) is 3.44. The van der Waals surface area contributed by atoms with Crippen molar-refractivity contribution in [3.63, 3.8) is 0 Å². The summed E-state index contributed by atoms with van der Waals surface area (Å²) in [5.41, 5.74) is 3.93. The fraction of sp³-hybridized carbons (Fsp3) is 0.333. The van der Waals surface area contributed by atoms with Crippen LogP contribution in [0.4, 0.5) is 0 Å². The summed E-state index contributed by atoms with van der Waals surface area (Å²) in [4.78, 5) is 11.5. The van der Waals surface area contributed by atoms with Gasteiger partial charge in [-0.1, -0.05) is 54.6 Å². The quantitative estimate of drug-likeness (QED) is 0.299. The molecule has 2 aromatic carbocycles. The Hall–Kier alpha value is -2.35. The third-order valence-corrected chi connectivity index (χ3v) is 5.42. The zero-order valence-electron chi connectivity index (χ0n) is 17.4. The molecule has 0 spiro atoms. The number of aliphatic imine (C=N–C) groups is 1. The van der Waals surface area contributed by atoms with Crippen molar-refractivity contribution in [3.05, 3.63) is 90.0 Å². The Morgan fingerprint density at radius 3 is 2.73 bits per heavy atom. The number of rotatable bonds is 6. The second kappa shape index (κ2) is 11.2. The van der Waals surface area contributed by atoms with Crippen LogP contribution in [0, 0.1) is 0 Å². The predicted molar refractivity (Wildman–Crippen MR) is 133 cm³/mol. The summed E-state index contributed by atoms with van der Waals surface area (Å²) in [7, 11) is 0. The minimum absolute atomic E-state index is 0. The fourth-order valence-corrected chi connectivity index (χ4v) is 3.96. The van der Waals surface area contributed by atoms with Gasteiger partial charge < -0.3 is 14.8 Å². The zero-order valence-corrected chi connectivity index (χ0v) is 19.8. The SMILES string of the molecule is CCNC(=NCc1cccc(Cn2ccnc2)c1)N1CCC(c2ccccc2)C1.I. The molecule has 1 N–H and O–H groups in total. The number of hydrogen-bond acceptors (Lipinski definition) is 2. The van der Waals surface area contributed by atoms with Crippen molar-refractivity contribution in [1.29, 1.82) is 0 Å². The lowest BCUT2D eigenvalue weighted by atomic mass is 9.99. The number of imidazole rings is 1. The van der Waals surface area contributed by atoms with E-state index in [0.717, 1.165) is 32.1 Å². The van der Waals surface area contributed by atoms with Gasteiger partial charge in [0.25, 0.3) is 0 Å². The molecule has 1 fully saturated rings. The molecule has 4 rings (SSSR count). The Kier molecular flexibility index (Phi) is 8.30. The Labute approximate surface area is 196 Å². The van der Waals surface area contributed by atoms with Crippen LogP contribution in [-0.2, 0) is 13.1 Å². The van der Waals surface area contributed by atoms with E-state index in [0.29, 0.717) is 12.5 Å². The Morgan fingerprint density at radius 2 is 1.97 bits per heavy atom. The molecule has 2 heterocycles. The van der Waals surface area contributed by atoms with E-state index in [1.54, 1.807) is 0 Å². The maximum Gasteiger partial charge on any atom is 0.194 e. The lowest BCUT2D eigenvalue weighted by molar-refractivity contribution is 0.486. The fourth-order valence-electron chi connectivity index (χ4n) is 3.96. The molecule has 0 bridgehead atoms. The zero-order chi connectivity index (χ0) is 19.9. The van der Waals surface area contributed by atoms with Crippen molar-refractivity contribution in [2.24, 2.45) is 4.99 Å². The number of guanidine groups is 1. The highest BCUT2D eigenvalue weighted by atomic mass is 127. The van der Waals surface area contributed by atoms with Crippen molar-refractivity contribution in [2.45, 2.75) is 32.4 Å². The molecule has 1 saturated heterocycles. The highest BCUT2D eigenvalue weighted by molar-refractivity contribution is 14.0. The van der Waals surface area contributed by atoms with Crippen LogP contribution in [0.2, 0.25) is 0 Å². The lowest BCUT2D eigenvalue weighted by Crippen LogP contribution is -2.40. The van der Waals surface area contributed by atoms with E-state index in [2.05, 4.69) is 81.3 Å². The number of nitrogens with zero attached hydrogens (tertiary/aromatic N) is 4. The summed E-state index contributed by atoms with van der Waals surface area (Å²) in [6.45, 7) is 6.61. The highest BCUT2D eigenvalue weighted by Gasteiger charge is 2.25. The molecule has 1 atom stereocenters. The molecule has 0 radical (unpaired) electrons. The molecule has 30 heavy (non-hydrogen) atoms. The van der Waals surface area contributed by atoms with E-state index >= 15 is 0 Å². The first-order valence-electron chi connectivity index (χ1n) is 10.4. The van der Waals surface area contributed by atoms with Crippen molar-refractivity contribution in [2.75, 3.05) is 19.6 Å². The van der Waals surface area contributed by atoms with E-state index in [-0.39, 0.29) is 24.0 Å². The van der Waals surface area contributed by atoms with Crippen LogP contribution in [0.3, 0.4) is 0 Å².